The van der Waals surface area contributed by atoms with Crippen molar-refractivity contribution in [3.63, 3.8) is 0 Å². The lowest BCUT2D eigenvalue weighted by molar-refractivity contribution is 0.188. The lowest BCUT2D eigenvalue weighted by Gasteiger charge is -2.32. The van der Waals surface area contributed by atoms with Gasteiger partial charge in [-0.25, -0.2) is 0 Å². The normalized spacial score (nSPS) is 21.0. The van der Waals surface area contributed by atoms with Crippen LogP contribution in [0.5, 0.6) is 0 Å². The van der Waals surface area contributed by atoms with Crippen LogP contribution < -0.4 is 5.32 Å². The first kappa shape index (κ1) is 10.4. The second kappa shape index (κ2) is 4.62. The first-order valence-corrected chi connectivity index (χ1v) is 6.22. The van der Waals surface area contributed by atoms with Gasteiger partial charge >= 0.3 is 0 Å². The van der Waals surface area contributed by atoms with Gasteiger partial charge in [-0.2, -0.15) is 0 Å². The molecule has 0 amide bonds. The molecule has 2 rings (SSSR count). The third-order valence-corrected chi connectivity index (χ3v) is 4.25. The molecule has 0 aliphatic carbocycles. The lowest BCUT2D eigenvalue weighted by atomic mass is 10.2. The number of nitrogens with one attached hydrogen (secondary N) is 1. The van der Waals surface area contributed by atoms with Crippen molar-refractivity contribution in [3.8, 4) is 0 Å². The highest BCUT2D eigenvalue weighted by Gasteiger charge is 2.20. The summed E-state index contributed by atoms with van der Waals surface area (Å²) in [6.45, 7) is 6.66. The molecule has 0 saturated carbocycles. The van der Waals surface area contributed by atoms with E-state index in [1.165, 1.54) is 4.88 Å². The summed E-state index contributed by atoms with van der Waals surface area (Å²) in [5.41, 5.74) is 0. The zero-order chi connectivity index (χ0) is 9.97. The molecule has 1 aromatic rings. The molecule has 1 fully saturated rings. The molecular weight excluding hydrogens is 216 g/mol. The van der Waals surface area contributed by atoms with E-state index >= 15 is 0 Å². The minimum atomic E-state index is 0.463. The van der Waals surface area contributed by atoms with Gasteiger partial charge in [-0.1, -0.05) is 11.6 Å². The Balaban J connectivity index is 2.07. The average Bonchev–Trinajstić information content (AvgIpc) is 2.65. The Morgan fingerprint density at radius 2 is 2.21 bits per heavy atom. The molecule has 4 heteroatoms. The smallest absolute Gasteiger partial charge is 0.0561 e. The van der Waals surface area contributed by atoms with E-state index in [9.17, 15) is 0 Å². The fourth-order valence-corrected chi connectivity index (χ4v) is 3.15. The molecule has 0 aromatic carbocycles. The van der Waals surface area contributed by atoms with Crippen molar-refractivity contribution in [3.05, 3.63) is 21.3 Å². The second-order valence-electron chi connectivity index (χ2n) is 3.59. The summed E-state index contributed by atoms with van der Waals surface area (Å²) in [7, 11) is 0. The second-order valence-corrected chi connectivity index (χ2v) is 4.95. The minimum Gasteiger partial charge on any atom is -0.314 e. The molecule has 1 aliphatic heterocycles. The van der Waals surface area contributed by atoms with Crippen LogP contribution >= 0.6 is 22.9 Å². The standard InChI is InChI=1S/C10H15ClN2S/c1-8(10-9(11)2-7-14-10)13-5-3-12-4-6-13/h2,7-8,12H,3-6H2,1H3. The fraction of sp³-hybridized carbons (Fsp3) is 0.600. The molecule has 14 heavy (non-hydrogen) atoms. The van der Waals surface area contributed by atoms with E-state index in [1.807, 2.05) is 6.07 Å². The van der Waals surface area contributed by atoms with Crippen molar-refractivity contribution in [2.75, 3.05) is 26.2 Å². The van der Waals surface area contributed by atoms with E-state index in [1.54, 1.807) is 11.3 Å². The molecule has 0 bridgehead atoms. The predicted molar refractivity (Wildman–Crippen MR) is 62.2 cm³/mol. The molecule has 1 atom stereocenters. The van der Waals surface area contributed by atoms with Crippen molar-refractivity contribution in [1.82, 2.24) is 10.2 Å². The largest absolute Gasteiger partial charge is 0.314 e. The molecule has 0 spiro atoms. The van der Waals surface area contributed by atoms with E-state index in [2.05, 4.69) is 22.5 Å². The number of halogens is 1. The maximum atomic E-state index is 6.12. The van der Waals surface area contributed by atoms with Crippen molar-refractivity contribution in [2.45, 2.75) is 13.0 Å². The summed E-state index contributed by atoms with van der Waals surface area (Å²) in [5.74, 6) is 0. The molecule has 1 saturated heterocycles. The third-order valence-electron chi connectivity index (χ3n) is 2.72. The number of hydrogen-bond donors (Lipinski definition) is 1. The van der Waals surface area contributed by atoms with Crippen LogP contribution in [0.1, 0.15) is 17.8 Å². The topological polar surface area (TPSA) is 15.3 Å². The molecule has 2 heterocycles. The van der Waals surface area contributed by atoms with Crippen molar-refractivity contribution >= 4 is 22.9 Å². The van der Waals surface area contributed by atoms with Crippen LogP contribution in [-0.4, -0.2) is 31.1 Å². The molecule has 1 unspecified atom stereocenters. The highest BCUT2D eigenvalue weighted by Crippen LogP contribution is 2.31. The van der Waals surface area contributed by atoms with Crippen LogP contribution in [0.2, 0.25) is 5.02 Å². The number of nitrogens with zero attached hydrogens (tertiary/aromatic N) is 1. The summed E-state index contributed by atoms with van der Waals surface area (Å²) in [4.78, 5) is 3.78. The van der Waals surface area contributed by atoms with E-state index < -0.39 is 0 Å². The number of piperazine rings is 1. The maximum absolute atomic E-state index is 6.12. The van der Waals surface area contributed by atoms with Gasteiger partial charge in [0.25, 0.3) is 0 Å². The van der Waals surface area contributed by atoms with Gasteiger partial charge in [-0.3, -0.25) is 4.90 Å². The van der Waals surface area contributed by atoms with Gasteiger partial charge in [-0.05, 0) is 18.4 Å². The van der Waals surface area contributed by atoms with Gasteiger partial charge in [0.1, 0.15) is 0 Å². The highest BCUT2D eigenvalue weighted by atomic mass is 35.5. The summed E-state index contributed by atoms with van der Waals surface area (Å²) >= 11 is 7.88. The lowest BCUT2D eigenvalue weighted by Crippen LogP contribution is -2.44. The Hall–Kier alpha value is -0.0900. The van der Waals surface area contributed by atoms with Crippen LogP contribution in [0.15, 0.2) is 11.4 Å². The molecular formula is C10H15ClN2S. The SMILES string of the molecule is CC(c1sccc1Cl)N1CCNCC1. The summed E-state index contributed by atoms with van der Waals surface area (Å²) in [5, 5.41) is 6.34. The average molecular weight is 231 g/mol. The van der Waals surface area contributed by atoms with Gasteiger partial charge in [0.05, 0.1) is 5.02 Å². The first-order chi connectivity index (χ1) is 6.79. The maximum Gasteiger partial charge on any atom is 0.0561 e. The number of rotatable bonds is 2. The number of hydrogen-bond acceptors (Lipinski definition) is 3. The van der Waals surface area contributed by atoms with Gasteiger partial charge in [0.2, 0.25) is 0 Å². The van der Waals surface area contributed by atoms with E-state index in [0.29, 0.717) is 6.04 Å². The molecule has 2 nitrogen and oxygen atoms in total. The molecule has 1 aromatic heterocycles. The van der Waals surface area contributed by atoms with Crippen LogP contribution in [0, 0.1) is 0 Å². The number of thiophene rings is 1. The van der Waals surface area contributed by atoms with Crippen LogP contribution in [0.4, 0.5) is 0 Å². The van der Waals surface area contributed by atoms with Crippen molar-refractivity contribution in [2.24, 2.45) is 0 Å². The Labute approximate surface area is 93.9 Å². The van der Waals surface area contributed by atoms with Crippen LogP contribution in [-0.2, 0) is 0 Å². The quantitative estimate of drug-likeness (QED) is 0.839. The predicted octanol–water partition coefficient (Wildman–Crippen LogP) is 2.37. The van der Waals surface area contributed by atoms with E-state index in [-0.39, 0.29) is 0 Å². The van der Waals surface area contributed by atoms with Gasteiger partial charge < -0.3 is 5.32 Å². The Morgan fingerprint density at radius 1 is 1.50 bits per heavy atom. The van der Waals surface area contributed by atoms with Gasteiger partial charge in [-0.15, -0.1) is 11.3 Å². The van der Waals surface area contributed by atoms with Crippen LogP contribution in [0.25, 0.3) is 0 Å². The summed E-state index contributed by atoms with van der Waals surface area (Å²) in [6, 6.07) is 2.45. The van der Waals surface area contributed by atoms with Gasteiger partial charge in [0, 0.05) is 37.1 Å². The molecule has 78 valence electrons. The van der Waals surface area contributed by atoms with Gasteiger partial charge in [0.15, 0.2) is 0 Å². The van der Waals surface area contributed by atoms with E-state index in [4.69, 9.17) is 11.6 Å². The Kier molecular flexibility index (Phi) is 3.44. The van der Waals surface area contributed by atoms with Crippen molar-refractivity contribution in [1.29, 1.82) is 0 Å². The summed E-state index contributed by atoms with van der Waals surface area (Å²) < 4.78 is 0. The molecule has 1 N–H and O–H groups in total. The van der Waals surface area contributed by atoms with E-state index in [0.717, 1.165) is 31.2 Å². The third kappa shape index (κ3) is 2.11. The van der Waals surface area contributed by atoms with Crippen molar-refractivity contribution < 1.29 is 0 Å². The van der Waals surface area contributed by atoms with Crippen LogP contribution in [0.3, 0.4) is 0 Å². The Bertz CT molecular complexity index is 294. The zero-order valence-electron chi connectivity index (χ0n) is 8.29. The fourth-order valence-electron chi connectivity index (χ4n) is 1.84. The minimum absolute atomic E-state index is 0.463. The monoisotopic (exact) mass is 230 g/mol. The summed E-state index contributed by atoms with van der Waals surface area (Å²) in [6.07, 6.45) is 0. The first-order valence-electron chi connectivity index (χ1n) is 4.96. The zero-order valence-corrected chi connectivity index (χ0v) is 9.87. The molecule has 0 radical (unpaired) electrons. The molecule has 1 aliphatic rings. The highest BCUT2D eigenvalue weighted by molar-refractivity contribution is 7.10. The Morgan fingerprint density at radius 3 is 2.79 bits per heavy atom.